The molecule has 0 unspecified atom stereocenters. The topological polar surface area (TPSA) is 77.8 Å². The van der Waals surface area contributed by atoms with E-state index in [0.29, 0.717) is 5.69 Å². The molecular weight excluding hydrogens is 242 g/mol. The van der Waals surface area contributed by atoms with E-state index in [0.717, 1.165) is 11.8 Å². The van der Waals surface area contributed by atoms with E-state index in [2.05, 4.69) is 0 Å². The molecule has 0 aliphatic carbocycles. The fraction of sp³-hybridized carbons (Fsp3) is 0.273. The third-order valence-electron chi connectivity index (χ3n) is 2.06. The van der Waals surface area contributed by atoms with E-state index in [1.54, 1.807) is 19.2 Å². The van der Waals surface area contributed by atoms with E-state index in [1.807, 2.05) is 0 Å². The number of carbonyl (C=O) groups excluding carboxylic acids is 1. The van der Waals surface area contributed by atoms with Gasteiger partial charge in [-0.1, -0.05) is 0 Å². The summed E-state index contributed by atoms with van der Waals surface area (Å²) in [7, 11) is 1.61. The first-order valence-corrected chi connectivity index (χ1v) is 6.01. The number of carboxylic acid groups (broad SMARTS) is 1. The smallest absolute Gasteiger partial charge is 0.313 e. The third-order valence-corrected chi connectivity index (χ3v) is 2.96. The van der Waals surface area contributed by atoms with Gasteiger partial charge in [0, 0.05) is 12.7 Å². The molecule has 0 atom stereocenters. The number of hydrogen-bond donors (Lipinski definition) is 2. The molecule has 1 aromatic rings. The summed E-state index contributed by atoms with van der Waals surface area (Å²) in [6, 6.07) is 6.22. The molecular formula is C11H13NO4S. The highest BCUT2D eigenvalue weighted by Gasteiger charge is 2.11. The third kappa shape index (κ3) is 4.36. The van der Waals surface area contributed by atoms with Crippen molar-refractivity contribution in [2.24, 2.45) is 0 Å². The molecule has 0 bridgehead atoms. The monoisotopic (exact) mass is 255 g/mol. The predicted octanol–water partition coefficient (Wildman–Crippen LogP) is 1.17. The average molecular weight is 255 g/mol. The summed E-state index contributed by atoms with van der Waals surface area (Å²) in [5.41, 5.74) is 0.656. The summed E-state index contributed by atoms with van der Waals surface area (Å²) in [4.78, 5) is 23.4. The molecule has 0 aliphatic heterocycles. The number of amides is 1. The lowest BCUT2D eigenvalue weighted by atomic mass is 10.3. The van der Waals surface area contributed by atoms with Crippen molar-refractivity contribution in [2.75, 3.05) is 23.5 Å². The van der Waals surface area contributed by atoms with E-state index in [4.69, 9.17) is 10.2 Å². The molecule has 1 rings (SSSR count). The van der Waals surface area contributed by atoms with Crippen LogP contribution in [0.25, 0.3) is 0 Å². The number of phenols is 1. The van der Waals surface area contributed by atoms with Crippen molar-refractivity contribution in [2.45, 2.75) is 0 Å². The highest BCUT2D eigenvalue weighted by molar-refractivity contribution is 8.00. The summed E-state index contributed by atoms with van der Waals surface area (Å²) in [6.45, 7) is 0. The van der Waals surface area contributed by atoms with Crippen LogP contribution in [0.2, 0.25) is 0 Å². The summed E-state index contributed by atoms with van der Waals surface area (Å²) in [5, 5.41) is 17.5. The van der Waals surface area contributed by atoms with Gasteiger partial charge in [0.1, 0.15) is 5.75 Å². The van der Waals surface area contributed by atoms with Crippen molar-refractivity contribution in [1.82, 2.24) is 0 Å². The van der Waals surface area contributed by atoms with Crippen molar-refractivity contribution < 1.29 is 19.8 Å². The zero-order valence-corrected chi connectivity index (χ0v) is 10.1. The zero-order chi connectivity index (χ0) is 12.8. The van der Waals surface area contributed by atoms with Gasteiger partial charge in [-0.25, -0.2) is 0 Å². The molecule has 92 valence electrons. The minimum atomic E-state index is -0.935. The fourth-order valence-corrected chi connectivity index (χ4v) is 1.79. The molecule has 0 spiro atoms. The van der Waals surface area contributed by atoms with Gasteiger partial charge in [-0.15, -0.1) is 11.8 Å². The van der Waals surface area contributed by atoms with Crippen LogP contribution in [0.15, 0.2) is 24.3 Å². The Morgan fingerprint density at radius 3 is 2.35 bits per heavy atom. The van der Waals surface area contributed by atoms with Gasteiger partial charge in [-0.2, -0.15) is 0 Å². The van der Waals surface area contributed by atoms with Gasteiger partial charge in [-0.05, 0) is 24.3 Å². The van der Waals surface area contributed by atoms with Crippen LogP contribution in [-0.2, 0) is 9.59 Å². The SMILES string of the molecule is CN(C(=O)CSCC(=O)O)c1ccc(O)cc1. The number of rotatable bonds is 5. The van der Waals surface area contributed by atoms with Gasteiger partial charge in [-0.3, -0.25) is 9.59 Å². The van der Waals surface area contributed by atoms with Crippen LogP contribution < -0.4 is 4.90 Å². The molecule has 0 aliphatic rings. The Morgan fingerprint density at radius 1 is 1.24 bits per heavy atom. The van der Waals surface area contributed by atoms with Crippen molar-refractivity contribution in [3.8, 4) is 5.75 Å². The summed E-state index contributed by atoms with van der Waals surface area (Å²) >= 11 is 1.06. The van der Waals surface area contributed by atoms with E-state index in [9.17, 15) is 9.59 Å². The lowest BCUT2D eigenvalue weighted by Gasteiger charge is -2.16. The van der Waals surface area contributed by atoms with E-state index in [-0.39, 0.29) is 23.2 Å². The van der Waals surface area contributed by atoms with Gasteiger partial charge in [0.2, 0.25) is 5.91 Å². The Balaban J connectivity index is 2.51. The fourth-order valence-electron chi connectivity index (χ4n) is 1.14. The van der Waals surface area contributed by atoms with Crippen LogP contribution in [0.5, 0.6) is 5.75 Å². The number of aromatic hydroxyl groups is 1. The average Bonchev–Trinajstić information content (AvgIpc) is 2.28. The number of benzene rings is 1. The Kier molecular flexibility index (Phi) is 4.84. The first-order valence-electron chi connectivity index (χ1n) is 4.86. The molecule has 1 aromatic carbocycles. The number of thioether (sulfide) groups is 1. The lowest BCUT2D eigenvalue weighted by molar-refractivity contribution is -0.133. The maximum atomic E-state index is 11.7. The Bertz CT molecular complexity index is 404. The van der Waals surface area contributed by atoms with E-state index in [1.165, 1.54) is 17.0 Å². The molecule has 0 fully saturated rings. The molecule has 0 saturated heterocycles. The molecule has 5 nitrogen and oxygen atoms in total. The van der Waals surface area contributed by atoms with Crippen molar-refractivity contribution in [3.63, 3.8) is 0 Å². The Labute approximate surface area is 103 Å². The largest absolute Gasteiger partial charge is 0.508 e. The van der Waals surface area contributed by atoms with Crippen LogP contribution in [0, 0.1) is 0 Å². The molecule has 6 heteroatoms. The number of nitrogens with zero attached hydrogens (tertiary/aromatic N) is 1. The number of hydrogen-bond acceptors (Lipinski definition) is 4. The van der Waals surface area contributed by atoms with Crippen molar-refractivity contribution in [3.05, 3.63) is 24.3 Å². The zero-order valence-electron chi connectivity index (χ0n) is 9.29. The molecule has 0 heterocycles. The molecule has 0 saturated carbocycles. The standard InChI is InChI=1S/C11H13NO4S/c1-12(8-2-4-9(13)5-3-8)10(14)6-17-7-11(15)16/h2-5,13H,6-7H2,1H3,(H,15,16). The summed E-state index contributed by atoms with van der Waals surface area (Å²) in [5.74, 6) is -0.953. The minimum Gasteiger partial charge on any atom is -0.508 e. The Morgan fingerprint density at radius 2 is 1.82 bits per heavy atom. The second kappa shape index (κ2) is 6.15. The molecule has 2 N–H and O–H groups in total. The number of aliphatic carboxylic acids is 1. The molecule has 0 aromatic heterocycles. The normalized spacial score (nSPS) is 9.94. The highest BCUT2D eigenvalue weighted by atomic mass is 32.2. The number of carbonyl (C=O) groups is 2. The lowest BCUT2D eigenvalue weighted by Crippen LogP contribution is -2.28. The quantitative estimate of drug-likeness (QED) is 0.826. The number of phenolic OH excluding ortho intramolecular Hbond substituents is 1. The van der Waals surface area contributed by atoms with Gasteiger partial charge >= 0.3 is 5.97 Å². The highest BCUT2D eigenvalue weighted by Crippen LogP contribution is 2.18. The van der Waals surface area contributed by atoms with Crippen molar-refractivity contribution >= 4 is 29.3 Å². The summed E-state index contributed by atoms with van der Waals surface area (Å²) in [6.07, 6.45) is 0. The van der Waals surface area contributed by atoms with Gasteiger partial charge < -0.3 is 15.1 Å². The number of anilines is 1. The number of carboxylic acids is 1. The van der Waals surface area contributed by atoms with E-state index < -0.39 is 5.97 Å². The van der Waals surface area contributed by atoms with Crippen LogP contribution in [0.1, 0.15) is 0 Å². The second-order valence-electron chi connectivity index (χ2n) is 3.36. The van der Waals surface area contributed by atoms with Gasteiger partial charge in [0.15, 0.2) is 0 Å². The maximum Gasteiger partial charge on any atom is 0.313 e. The van der Waals surface area contributed by atoms with Crippen LogP contribution in [-0.4, -0.2) is 40.6 Å². The maximum absolute atomic E-state index is 11.7. The summed E-state index contributed by atoms with van der Waals surface area (Å²) < 4.78 is 0. The first-order chi connectivity index (χ1) is 8.00. The second-order valence-corrected chi connectivity index (χ2v) is 4.34. The first kappa shape index (κ1) is 13.4. The molecule has 1 amide bonds. The van der Waals surface area contributed by atoms with Gasteiger partial charge in [0.05, 0.1) is 11.5 Å². The molecule has 17 heavy (non-hydrogen) atoms. The van der Waals surface area contributed by atoms with Crippen LogP contribution in [0.3, 0.4) is 0 Å². The predicted molar refractivity (Wildman–Crippen MR) is 66.5 cm³/mol. The van der Waals surface area contributed by atoms with Gasteiger partial charge in [0.25, 0.3) is 0 Å². The van der Waals surface area contributed by atoms with Crippen LogP contribution >= 0.6 is 11.8 Å². The van der Waals surface area contributed by atoms with Crippen molar-refractivity contribution in [1.29, 1.82) is 0 Å². The van der Waals surface area contributed by atoms with E-state index >= 15 is 0 Å². The minimum absolute atomic E-state index is 0.0881. The van der Waals surface area contributed by atoms with Crippen LogP contribution in [0.4, 0.5) is 5.69 Å². The Hall–Kier alpha value is -1.69. The molecule has 0 radical (unpaired) electrons.